The first-order chi connectivity index (χ1) is 11.6. The molecule has 0 bridgehead atoms. The molecule has 1 atom stereocenters. The molecule has 0 aliphatic carbocycles. The second-order valence-corrected chi connectivity index (χ2v) is 8.30. The number of aliphatic carboxylic acids is 1. The van der Waals surface area contributed by atoms with Gasteiger partial charge >= 0.3 is 5.97 Å². The molecule has 25 heavy (non-hydrogen) atoms. The molecular formula is C17H25NO6S. The van der Waals surface area contributed by atoms with Gasteiger partial charge in [0.25, 0.3) is 0 Å². The van der Waals surface area contributed by atoms with Gasteiger partial charge in [-0.05, 0) is 43.0 Å². The zero-order valence-electron chi connectivity index (χ0n) is 14.7. The molecule has 8 heteroatoms. The van der Waals surface area contributed by atoms with Crippen molar-refractivity contribution in [1.82, 2.24) is 5.32 Å². The lowest BCUT2D eigenvalue weighted by molar-refractivity contribution is -0.142. The predicted octanol–water partition coefficient (Wildman–Crippen LogP) is 1.86. The first-order valence-corrected chi connectivity index (χ1v) is 9.94. The van der Waals surface area contributed by atoms with Crippen LogP contribution in [0, 0.1) is 5.92 Å². The quantitative estimate of drug-likeness (QED) is 0.608. The van der Waals surface area contributed by atoms with Crippen LogP contribution >= 0.6 is 0 Å². The molecule has 1 amide bonds. The molecule has 0 unspecified atom stereocenters. The number of benzene rings is 1. The van der Waals surface area contributed by atoms with Gasteiger partial charge < -0.3 is 15.2 Å². The third-order valence-electron chi connectivity index (χ3n) is 3.41. The Labute approximate surface area is 148 Å². The van der Waals surface area contributed by atoms with Crippen LogP contribution in [0.25, 0.3) is 0 Å². The van der Waals surface area contributed by atoms with Crippen LogP contribution in [-0.2, 0) is 19.4 Å². The number of carboxylic acid groups (broad SMARTS) is 1. The summed E-state index contributed by atoms with van der Waals surface area (Å²) >= 11 is 0. The molecule has 7 nitrogen and oxygen atoms in total. The van der Waals surface area contributed by atoms with Crippen molar-refractivity contribution in [2.24, 2.45) is 5.92 Å². The molecule has 0 saturated carbocycles. The molecule has 0 aromatic heterocycles. The minimum atomic E-state index is -3.24. The smallest absolute Gasteiger partial charge is 0.326 e. The number of carbonyl (C=O) groups excluding carboxylic acids is 1. The molecule has 1 rings (SSSR count). The summed E-state index contributed by atoms with van der Waals surface area (Å²) < 4.78 is 28.2. The Bertz CT molecular complexity index is 682. The summed E-state index contributed by atoms with van der Waals surface area (Å²) in [5, 5.41) is 11.6. The van der Waals surface area contributed by atoms with E-state index >= 15 is 0 Å². The second-order valence-electron chi connectivity index (χ2n) is 6.28. The molecule has 0 spiro atoms. The minimum absolute atomic E-state index is 0.156. The SMILES string of the molecule is CC(C)C[C@H](NC(=O)CCCOc1ccc(S(C)(=O)=O)cc1)C(=O)O. The maximum atomic E-state index is 11.8. The van der Waals surface area contributed by atoms with Gasteiger partial charge in [0, 0.05) is 12.7 Å². The molecule has 1 aromatic carbocycles. The number of nitrogens with one attached hydrogen (secondary N) is 1. The van der Waals surface area contributed by atoms with Crippen LogP contribution in [0.5, 0.6) is 5.75 Å². The Morgan fingerprint density at radius 1 is 1.20 bits per heavy atom. The Hall–Kier alpha value is -2.09. The van der Waals surface area contributed by atoms with Gasteiger partial charge in [0.05, 0.1) is 11.5 Å². The molecule has 1 aromatic rings. The lowest BCUT2D eigenvalue weighted by Crippen LogP contribution is -2.41. The molecule has 2 N–H and O–H groups in total. The highest BCUT2D eigenvalue weighted by Gasteiger charge is 2.20. The molecule has 0 saturated heterocycles. The summed E-state index contributed by atoms with van der Waals surface area (Å²) in [4.78, 5) is 23.1. The zero-order chi connectivity index (χ0) is 19.0. The summed E-state index contributed by atoms with van der Waals surface area (Å²) in [6.07, 6.45) is 2.09. The number of hydrogen-bond donors (Lipinski definition) is 2. The Balaban J connectivity index is 2.37. The summed E-state index contributed by atoms with van der Waals surface area (Å²) in [6.45, 7) is 4.06. The maximum Gasteiger partial charge on any atom is 0.326 e. The molecule has 0 aliphatic heterocycles. The van der Waals surface area contributed by atoms with Crippen molar-refractivity contribution in [2.75, 3.05) is 12.9 Å². The lowest BCUT2D eigenvalue weighted by atomic mass is 10.0. The van der Waals surface area contributed by atoms with E-state index in [0.717, 1.165) is 6.26 Å². The normalized spacial score (nSPS) is 12.6. The monoisotopic (exact) mass is 371 g/mol. The summed E-state index contributed by atoms with van der Waals surface area (Å²) in [7, 11) is -3.24. The summed E-state index contributed by atoms with van der Waals surface area (Å²) in [5.74, 6) is -0.691. The lowest BCUT2D eigenvalue weighted by Gasteiger charge is -2.16. The molecular weight excluding hydrogens is 346 g/mol. The van der Waals surface area contributed by atoms with E-state index in [1.54, 1.807) is 12.1 Å². The minimum Gasteiger partial charge on any atom is -0.494 e. The van der Waals surface area contributed by atoms with E-state index in [2.05, 4.69) is 5.32 Å². The van der Waals surface area contributed by atoms with Crippen molar-refractivity contribution in [3.8, 4) is 5.75 Å². The van der Waals surface area contributed by atoms with Crippen molar-refractivity contribution < 1.29 is 27.9 Å². The summed E-state index contributed by atoms with van der Waals surface area (Å²) in [6, 6.07) is 5.15. The van der Waals surface area contributed by atoms with Gasteiger partial charge in [-0.2, -0.15) is 0 Å². The van der Waals surface area contributed by atoms with Crippen molar-refractivity contribution >= 4 is 21.7 Å². The van der Waals surface area contributed by atoms with Crippen LogP contribution in [0.3, 0.4) is 0 Å². The van der Waals surface area contributed by atoms with Gasteiger partial charge in [-0.25, -0.2) is 13.2 Å². The maximum absolute atomic E-state index is 11.8. The summed E-state index contributed by atoms with van der Waals surface area (Å²) in [5.41, 5.74) is 0. The number of carboxylic acids is 1. The van der Waals surface area contributed by atoms with E-state index in [0.29, 0.717) is 18.6 Å². The molecule has 0 fully saturated rings. The van der Waals surface area contributed by atoms with E-state index in [9.17, 15) is 18.0 Å². The number of ether oxygens (including phenoxy) is 1. The fraction of sp³-hybridized carbons (Fsp3) is 0.529. The van der Waals surface area contributed by atoms with Crippen LogP contribution in [0.1, 0.15) is 33.1 Å². The Morgan fingerprint density at radius 2 is 1.80 bits per heavy atom. The van der Waals surface area contributed by atoms with Gasteiger partial charge in [0.15, 0.2) is 9.84 Å². The van der Waals surface area contributed by atoms with Crippen LogP contribution in [-0.4, -0.2) is 44.3 Å². The van der Waals surface area contributed by atoms with Gasteiger partial charge in [0.2, 0.25) is 5.91 Å². The predicted molar refractivity (Wildman–Crippen MR) is 93.3 cm³/mol. The third-order valence-corrected chi connectivity index (χ3v) is 4.54. The fourth-order valence-corrected chi connectivity index (χ4v) is 2.80. The standard InChI is InChI=1S/C17H25NO6S/c1-12(2)11-15(17(20)21)18-16(19)5-4-10-24-13-6-8-14(9-7-13)25(3,22)23/h6-9,12,15H,4-5,10-11H2,1-3H3,(H,18,19)(H,20,21)/t15-/m0/s1. The van der Waals surface area contributed by atoms with Crippen molar-refractivity contribution in [3.63, 3.8) is 0 Å². The molecule has 0 heterocycles. The van der Waals surface area contributed by atoms with E-state index in [-0.39, 0.29) is 29.7 Å². The number of rotatable bonds is 10. The highest BCUT2D eigenvalue weighted by atomic mass is 32.2. The number of carbonyl (C=O) groups is 2. The fourth-order valence-electron chi connectivity index (χ4n) is 2.17. The van der Waals surface area contributed by atoms with Gasteiger partial charge in [-0.1, -0.05) is 13.8 Å². The first kappa shape index (κ1) is 21.0. The van der Waals surface area contributed by atoms with Crippen LogP contribution < -0.4 is 10.1 Å². The van der Waals surface area contributed by atoms with E-state index < -0.39 is 21.8 Å². The largest absolute Gasteiger partial charge is 0.494 e. The van der Waals surface area contributed by atoms with E-state index in [1.165, 1.54) is 12.1 Å². The molecule has 0 radical (unpaired) electrons. The Kier molecular flexibility index (Phi) is 7.89. The zero-order valence-corrected chi connectivity index (χ0v) is 15.5. The average Bonchev–Trinajstić information content (AvgIpc) is 2.50. The average molecular weight is 371 g/mol. The highest BCUT2D eigenvalue weighted by molar-refractivity contribution is 7.90. The topological polar surface area (TPSA) is 110 Å². The first-order valence-electron chi connectivity index (χ1n) is 8.04. The third kappa shape index (κ3) is 8.02. The van der Waals surface area contributed by atoms with Crippen LogP contribution in [0.4, 0.5) is 0 Å². The van der Waals surface area contributed by atoms with Gasteiger partial charge in [-0.15, -0.1) is 0 Å². The highest BCUT2D eigenvalue weighted by Crippen LogP contribution is 2.16. The Morgan fingerprint density at radius 3 is 2.28 bits per heavy atom. The van der Waals surface area contributed by atoms with Gasteiger partial charge in [-0.3, -0.25) is 4.79 Å². The molecule has 0 aliphatic rings. The van der Waals surface area contributed by atoms with Gasteiger partial charge in [0.1, 0.15) is 11.8 Å². The van der Waals surface area contributed by atoms with Crippen molar-refractivity contribution in [3.05, 3.63) is 24.3 Å². The van der Waals surface area contributed by atoms with Crippen LogP contribution in [0.2, 0.25) is 0 Å². The van der Waals surface area contributed by atoms with Crippen molar-refractivity contribution in [1.29, 1.82) is 0 Å². The second kappa shape index (κ2) is 9.41. The van der Waals surface area contributed by atoms with E-state index in [4.69, 9.17) is 9.84 Å². The number of amides is 1. The van der Waals surface area contributed by atoms with Crippen LogP contribution in [0.15, 0.2) is 29.2 Å². The molecule has 140 valence electrons. The van der Waals surface area contributed by atoms with Crippen molar-refractivity contribution in [2.45, 2.75) is 44.0 Å². The number of hydrogen-bond acceptors (Lipinski definition) is 5. The van der Waals surface area contributed by atoms with E-state index in [1.807, 2.05) is 13.8 Å². The number of sulfone groups is 1.